The summed E-state index contributed by atoms with van der Waals surface area (Å²) in [6.07, 6.45) is 3.76. The Kier molecular flexibility index (Phi) is 4.78. The third-order valence-corrected chi connectivity index (χ3v) is 2.66. The molecule has 0 amide bonds. The molecule has 1 heterocycles. The summed E-state index contributed by atoms with van der Waals surface area (Å²) in [7, 11) is 0. The van der Waals surface area contributed by atoms with Crippen molar-refractivity contribution in [1.82, 2.24) is 15.1 Å². The molecule has 1 aromatic carbocycles. The van der Waals surface area contributed by atoms with Crippen LogP contribution in [0.1, 0.15) is 12.5 Å². The fourth-order valence-corrected chi connectivity index (χ4v) is 1.80. The van der Waals surface area contributed by atoms with Gasteiger partial charge in [-0.25, -0.2) is 0 Å². The lowest BCUT2D eigenvalue weighted by molar-refractivity contribution is 0.335. The van der Waals surface area contributed by atoms with Crippen molar-refractivity contribution in [3.8, 4) is 5.75 Å². The smallest absolute Gasteiger partial charge is 0.123 e. The van der Waals surface area contributed by atoms with E-state index in [2.05, 4.69) is 16.5 Å². The number of rotatable bonds is 7. The van der Waals surface area contributed by atoms with Gasteiger partial charge in [-0.1, -0.05) is 18.2 Å². The Morgan fingerprint density at radius 3 is 2.94 bits per heavy atom. The lowest BCUT2D eigenvalue weighted by atomic mass is 10.2. The minimum atomic E-state index is 0.699. The molecule has 0 radical (unpaired) electrons. The van der Waals surface area contributed by atoms with Crippen molar-refractivity contribution in [3.63, 3.8) is 0 Å². The van der Waals surface area contributed by atoms with Crippen LogP contribution in [0.4, 0.5) is 0 Å². The quantitative estimate of drug-likeness (QED) is 0.759. The summed E-state index contributed by atoms with van der Waals surface area (Å²) in [5.41, 5.74) is 1.19. The van der Waals surface area contributed by atoms with Gasteiger partial charge in [-0.2, -0.15) is 5.10 Å². The maximum absolute atomic E-state index is 5.58. The summed E-state index contributed by atoms with van der Waals surface area (Å²) in [4.78, 5) is 0. The highest BCUT2D eigenvalue weighted by Crippen LogP contribution is 2.17. The Labute approximate surface area is 108 Å². The molecule has 0 unspecified atom stereocenters. The largest absolute Gasteiger partial charge is 0.494 e. The van der Waals surface area contributed by atoms with E-state index in [-0.39, 0.29) is 0 Å². The van der Waals surface area contributed by atoms with Crippen molar-refractivity contribution in [2.24, 2.45) is 0 Å². The van der Waals surface area contributed by atoms with Crippen molar-refractivity contribution in [3.05, 3.63) is 48.3 Å². The molecule has 0 saturated heterocycles. The number of aromatic nitrogens is 2. The van der Waals surface area contributed by atoms with E-state index < -0.39 is 0 Å². The van der Waals surface area contributed by atoms with Crippen molar-refractivity contribution in [2.45, 2.75) is 20.0 Å². The molecule has 1 aromatic heterocycles. The monoisotopic (exact) mass is 245 g/mol. The van der Waals surface area contributed by atoms with Gasteiger partial charge in [-0.05, 0) is 19.1 Å². The van der Waals surface area contributed by atoms with Crippen molar-refractivity contribution in [2.75, 3.05) is 13.2 Å². The highest BCUT2D eigenvalue weighted by Gasteiger charge is 2.01. The van der Waals surface area contributed by atoms with Crippen LogP contribution in [0.5, 0.6) is 5.75 Å². The molecule has 0 spiro atoms. The summed E-state index contributed by atoms with van der Waals surface area (Å²) in [6.45, 7) is 5.29. The lowest BCUT2D eigenvalue weighted by Crippen LogP contribution is -2.20. The van der Waals surface area contributed by atoms with Gasteiger partial charge in [-0.15, -0.1) is 0 Å². The number of nitrogens with one attached hydrogen (secondary N) is 1. The Hall–Kier alpha value is -1.81. The molecule has 0 fully saturated rings. The summed E-state index contributed by atoms with van der Waals surface area (Å²) >= 11 is 0. The first-order valence-corrected chi connectivity index (χ1v) is 6.29. The number of hydrogen-bond acceptors (Lipinski definition) is 3. The van der Waals surface area contributed by atoms with Gasteiger partial charge in [0, 0.05) is 31.0 Å². The van der Waals surface area contributed by atoms with Crippen molar-refractivity contribution >= 4 is 0 Å². The van der Waals surface area contributed by atoms with E-state index in [4.69, 9.17) is 4.74 Å². The summed E-state index contributed by atoms with van der Waals surface area (Å²) in [5, 5.41) is 7.56. The second-order valence-electron chi connectivity index (χ2n) is 3.99. The average molecular weight is 245 g/mol. The molecule has 0 atom stereocenters. The standard InChI is InChI=1S/C14H19N3O/c1-2-18-14-7-4-3-6-13(14)12-15-9-11-17-10-5-8-16-17/h3-8,10,15H,2,9,11-12H2,1H3. The van der Waals surface area contributed by atoms with Crippen molar-refractivity contribution < 1.29 is 4.74 Å². The molecule has 4 heteroatoms. The van der Waals surface area contributed by atoms with Crippen LogP contribution in [0.3, 0.4) is 0 Å². The fourth-order valence-electron chi connectivity index (χ4n) is 1.80. The molecule has 0 aliphatic heterocycles. The van der Waals surface area contributed by atoms with Gasteiger partial charge in [0.25, 0.3) is 0 Å². The predicted octanol–water partition coefficient (Wildman–Crippen LogP) is 2.07. The van der Waals surface area contributed by atoms with Crippen LogP contribution in [0.15, 0.2) is 42.7 Å². The number of benzene rings is 1. The van der Waals surface area contributed by atoms with Crippen LogP contribution in [0, 0.1) is 0 Å². The van der Waals surface area contributed by atoms with E-state index >= 15 is 0 Å². The molecule has 1 N–H and O–H groups in total. The molecule has 4 nitrogen and oxygen atoms in total. The first-order chi connectivity index (χ1) is 8.90. The topological polar surface area (TPSA) is 39.1 Å². The second kappa shape index (κ2) is 6.81. The Balaban J connectivity index is 1.79. The van der Waals surface area contributed by atoms with Gasteiger partial charge in [0.15, 0.2) is 0 Å². The van der Waals surface area contributed by atoms with Gasteiger partial charge in [0.05, 0.1) is 13.2 Å². The van der Waals surface area contributed by atoms with Gasteiger partial charge < -0.3 is 10.1 Å². The molecule has 96 valence electrons. The van der Waals surface area contributed by atoms with E-state index in [9.17, 15) is 0 Å². The highest BCUT2D eigenvalue weighted by atomic mass is 16.5. The zero-order valence-electron chi connectivity index (χ0n) is 10.7. The molecule has 2 rings (SSSR count). The number of para-hydroxylation sites is 1. The predicted molar refractivity (Wildman–Crippen MR) is 71.5 cm³/mol. The van der Waals surface area contributed by atoms with Crippen molar-refractivity contribution in [1.29, 1.82) is 0 Å². The molecular formula is C14H19N3O. The van der Waals surface area contributed by atoms with Gasteiger partial charge in [0.1, 0.15) is 5.75 Å². The summed E-state index contributed by atoms with van der Waals surface area (Å²) < 4.78 is 7.50. The fraction of sp³-hybridized carbons (Fsp3) is 0.357. The Morgan fingerprint density at radius 2 is 2.17 bits per heavy atom. The minimum Gasteiger partial charge on any atom is -0.494 e. The van der Waals surface area contributed by atoms with Crippen LogP contribution in [-0.4, -0.2) is 22.9 Å². The maximum Gasteiger partial charge on any atom is 0.123 e. The zero-order valence-corrected chi connectivity index (χ0v) is 10.7. The van der Waals surface area contributed by atoms with Gasteiger partial charge >= 0.3 is 0 Å². The van der Waals surface area contributed by atoms with Gasteiger partial charge in [0.2, 0.25) is 0 Å². The minimum absolute atomic E-state index is 0.699. The summed E-state index contributed by atoms with van der Waals surface area (Å²) in [6, 6.07) is 10.1. The van der Waals surface area contributed by atoms with Gasteiger partial charge in [-0.3, -0.25) is 4.68 Å². The highest BCUT2D eigenvalue weighted by molar-refractivity contribution is 5.33. The number of hydrogen-bond donors (Lipinski definition) is 1. The molecular weight excluding hydrogens is 226 g/mol. The molecule has 0 bridgehead atoms. The van der Waals surface area contributed by atoms with Crippen LogP contribution >= 0.6 is 0 Å². The lowest BCUT2D eigenvalue weighted by Gasteiger charge is -2.10. The molecule has 0 aliphatic rings. The second-order valence-corrected chi connectivity index (χ2v) is 3.99. The third-order valence-electron chi connectivity index (χ3n) is 2.66. The van der Waals surface area contributed by atoms with E-state index in [0.29, 0.717) is 6.61 Å². The first kappa shape index (κ1) is 12.6. The number of nitrogens with zero attached hydrogens (tertiary/aromatic N) is 2. The maximum atomic E-state index is 5.58. The average Bonchev–Trinajstić information content (AvgIpc) is 2.90. The normalized spacial score (nSPS) is 10.5. The third kappa shape index (κ3) is 3.60. The van der Waals surface area contributed by atoms with Crippen LogP contribution in [0.25, 0.3) is 0 Å². The van der Waals surface area contributed by atoms with E-state index in [1.54, 1.807) is 6.20 Å². The molecule has 18 heavy (non-hydrogen) atoms. The molecule has 2 aromatic rings. The van der Waals surface area contributed by atoms with Crippen LogP contribution in [-0.2, 0) is 13.1 Å². The number of ether oxygens (including phenoxy) is 1. The van der Waals surface area contributed by atoms with E-state index in [0.717, 1.165) is 25.4 Å². The Morgan fingerprint density at radius 1 is 1.28 bits per heavy atom. The first-order valence-electron chi connectivity index (χ1n) is 6.29. The summed E-state index contributed by atoms with van der Waals surface area (Å²) in [5.74, 6) is 0.964. The van der Waals surface area contributed by atoms with E-state index in [1.165, 1.54) is 5.56 Å². The molecule has 0 saturated carbocycles. The Bertz CT molecular complexity index is 454. The molecule has 0 aliphatic carbocycles. The van der Waals surface area contributed by atoms with Crippen LogP contribution < -0.4 is 10.1 Å². The van der Waals surface area contributed by atoms with E-state index in [1.807, 2.05) is 42.1 Å². The zero-order chi connectivity index (χ0) is 12.6. The van der Waals surface area contributed by atoms with Crippen LogP contribution in [0.2, 0.25) is 0 Å². The SMILES string of the molecule is CCOc1ccccc1CNCCn1cccn1.